The summed E-state index contributed by atoms with van der Waals surface area (Å²) in [6.07, 6.45) is 1.44. The third-order valence-electron chi connectivity index (χ3n) is 3.11. The van der Waals surface area contributed by atoms with Crippen molar-refractivity contribution in [1.82, 2.24) is 4.98 Å². The first kappa shape index (κ1) is 16.3. The van der Waals surface area contributed by atoms with Gasteiger partial charge in [0.1, 0.15) is 4.90 Å². The van der Waals surface area contributed by atoms with Crippen LogP contribution >= 0.6 is 34.8 Å². The molecule has 0 spiro atoms. The van der Waals surface area contributed by atoms with Gasteiger partial charge in [0.15, 0.2) is 0 Å². The highest BCUT2D eigenvalue weighted by Crippen LogP contribution is 2.32. The van der Waals surface area contributed by atoms with Crippen LogP contribution in [0, 0.1) is 0 Å². The molecule has 1 aromatic heterocycles. The quantitative estimate of drug-likeness (QED) is 0.644. The van der Waals surface area contributed by atoms with E-state index in [1.165, 1.54) is 18.3 Å². The van der Waals surface area contributed by atoms with E-state index < -0.39 is 10.0 Å². The van der Waals surface area contributed by atoms with E-state index in [9.17, 15) is 8.42 Å². The van der Waals surface area contributed by atoms with Gasteiger partial charge in [-0.15, -0.1) is 0 Å². The maximum Gasteiger partial charge on any atom is 0.263 e. The monoisotopic (exact) mass is 386 g/mol. The van der Waals surface area contributed by atoms with E-state index in [0.717, 1.165) is 10.9 Å². The molecule has 0 atom stereocenters. The van der Waals surface area contributed by atoms with Crippen molar-refractivity contribution in [1.29, 1.82) is 0 Å². The molecular weight excluding hydrogens is 379 g/mol. The van der Waals surface area contributed by atoms with Crippen LogP contribution in [-0.2, 0) is 10.0 Å². The van der Waals surface area contributed by atoms with E-state index in [-0.39, 0.29) is 20.0 Å². The Hall–Kier alpha value is -1.53. The summed E-state index contributed by atoms with van der Waals surface area (Å²) < 4.78 is 27.4. The number of anilines is 1. The third kappa shape index (κ3) is 3.38. The maximum absolute atomic E-state index is 12.5. The normalized spacial score (nSPS) is 11.6. The molecule has 2 aromatic carbocycles. The molecule has 0 unspecified atom stereocenters. The SMILES string of the molecule is O=S(=O)(Nc1cnc2ccccc2c1)c1cc(Cl)c(Cl)cc1Cl. The third-order valence-corrected chi connectivity index (χ3v) is 5.68. The Morgan fingerprint density at radius 3 is 2.39 bits per heavy atom. The van der Waals surface area contributed by atoms with E-state index in [2.05, 4.69) is 9.71 Å². The number of pyridine rings is 1. The van der Waals surface area contributed by atoms with Crippen molar-refractivity contribution < 1.29 is 8.42 Å². The lowest BCUT2D eigenvalue weighted by Crippen LogP contribution is -2.13. The van der Waals surface area contributed by atoms with Crippen LogP contribution in [-0.4, -0.2) is 13.4 Å². The van der Waals surface area contributed by atoms with Crippen molar-refractivity contribution in [2.24, 2.45) is 0 Å². The first-order valence-corrected chi connectivity index (χ1v) is 9.01. The highest BCUT2D eigenvalue weighted by atomic mass is 35.5. The molecule has 3 aromatic rings. The number of sulfonamides is 1. The zero-order chi connectivity index (χ0) is 16.6. The summed E-state index contributed by atoms with van der Waals surface area (Å²) in [5.74, 6) is 0. The molecule has 4 nitrogen and oxygen atoms in total. The standard InChI is InChI=1S/C15H9Cl3N2O2S/c16-11-6-13(18)15(7-12(11)17)23(21,22)20-10-5-9-3-1-2-4-14(9)19-8-10/h1-8,20H. The summed E-state index contributed by atoms with van der Waals surface area (Å²) in [7, 11) is -3.92. The summed E-state index contributed by atoms with van der Waals surface area (Å²) >= 11 is 17.7. The number of fused-ring (bicyclic) bond motifs is 1. The molecule has 0 fully saturated rings. The second-order valence-corrected chi connectivity index (χ2v) is 7.59. The molecule has 0 amide bonds. The molecule has 1 heterocycles. The van der Waals surface area contributed by atoms with Crippen LogP contribution in [0.3, 0.4) is 0 Å². The molecule has 0 saturated heterocycles. The number of para-hydroxylation sites is 1. The average Bonchev–Trinajstić information content (AvgIpc) is 2.50. The molecule has 0 bridgehead atoms. The summed E-state index contributed by atoms with van der Waals surface area (Å²) in [4.78, 5) is 4.05. The Morgan fingerprint density at radius 2 is 1.61 bits per heavy atom. The zero-order valence-corrected chi connectivity index (χ0v) is 14.5. The highest BCUT2D eigenvalue weighted by Gasteiger charge is 2.20. The second-order valence-electron chi connectivity index (χ2n) is 4.72. The van der Waals surface area contributed by atoms with E-state index >= 15 is 0 Å². The first-order chi connectivity index (χ1) is 10.9. The molecule has 3 rings (SSSR count). The molecule has 0 saturated carbocycles. The highest BCUT2D eigenvalue weighted by molar-refractivity contribution is 7.92. The minimum absolute atomic E-state index is 0.0133. The lowest BCUT2D eigenvalue weighted by molar-refractivity contribution is 0.601. The van der Waals surface area contributed by atoms with Gasteiger partial charge in [0.05, 0.1) is 32.5 Å². The number of hydrogen-bond donors (Lipinski definition) is 1. The summed E-state index contributed by atoms with van der Waals surface area (Å²) in [5, 5.41) is 1.09. The lowest BCUT2D eigenvalue weighted by Gasteiger charge is -2.11. The molecule has 118 valence electrons. The van der Waals surface area contributed by atoms with Crippen molar-refractivity contribution in [3.63, 3.8) is 0 Å². The van der Waals surface area contributed by atoms with Gasteiger partial charge in [-0.05, 0) is 24.3 Å². The number of hydrogen-bond acceptors (Lipinski definition) is 3. The molecule has 1 N–H and O–H groups in total. The number of benzene rings is 2. The predicted octanol–water partition coefficient (Wildman–Crippen LogP) is 5.00. The summed E-state index contributed by atoms with van der Waals surface area (Å²) in [6.45, 7) is 0. The molecule has 0 aliphatic carbocycles. The lowest BCUT2D eigenvalue weighted by atomic mass is 10.2. The van der Waals surface area contributed by atoms with Crippen LogP contribution in [0.1, 0.15) is 0 Å². The van der Waals surface area contributed by atoms with Gasteiger partial charge in [-0.25, -0.2) is 8.42 Å². The fourth-order valence-electron chi connectivity index (χ4n) is 2.05. The Labute approximate surface area is 148 Å². The Kier molecular flexibility index (Phi) is 4.38. The van der Waals surface area contributed by atoms with Crippen LogP contribution in [0.4, 0.5) is 5.69 Å². The number of aromatic nitrogens is 1. The zero-order valence-electron chi connectivity index (χ0n) is 11.4. The Morgan fingerprint density at radius 1 is 0.913 bits per heavy atom. The van der Waals surface area contributed by atoms with E-state index in [1.54, 1.807) is 6.07 Å². The van der Waals surface area contributed by atoms with Crippen LogP contribution in [0.15, 0.2) is 53.6 Å². The van der Waals surface area contributed by atoms with Crippen molar-refractivity contribution in [2.75, 3.05) is 4.72 Å². The molecule has 0 aliphatic heterocycles. The fourth-order valence-corrected chi connectivity index (χ4v) is 4.08. The van der Waals surface area contributed by atoms with Gasteiger partial charge in [-0.1, -0.05) is 53.0 Å². The topological polar surface area (TPSA) is 59.1 Å². The number of rotatable bonds is 3. The van der Waals surface area contributed by atoms with Crippen molar-refractivity contribution in [2.45, 2.75) is 4.90 Å². The number of halogens is 3. The molecular formula is C15H9Cl3N2O2S. The Balaban J connectivity index is 2.01. The minimum Gasteiger partial charge on any atom is -0.278 e. The van der Waals surface area contributed by atoms with E-state index in [4.69, 9.17) is 34.8 Å². The van der Waals surface area contributed by atoms with Crippen molar-refractivity contribution in [3.05, 3.63) is 63.7 Å². The largest absolute Gasteiger partial charge is 0.278 e. The van der Waals surface area contributed by atoms with E-state index in [0.29, 0.717) is 5.69 Å². The van der Waals surface area contributed by atoms with Gasteiger partial charge in [-0.2, -0.15) is 0 Å². The van der Waals surface area contributed by atoms with Gasteiger partial charge in [0.25, 0.3) is 10.0 Å². The molecule has 0 aliphatic rings. The smallest absolute Gasteiger partial charge is 0.263 e. The van der Waals surface area contributed by atoms with Gasteiger partial charge in [0.2, 0.25) is 0 Å². The van der Waals surface area contributed by atoms with Crippen LogP contribution in [0.25, 0.3) is 10.9 Å². The van der Waals surface area contributed by atoms with Crippen molar-refractivity contribution >= 4 is 61.4 Å². The summed E-state index contributed by atoms with van der Waals surface area (Å²) in [6, 6.07) is 11.6. The van der Waals surface area contributed by atoms with E-state index in [1.807, 2.05) is 24.3 Å². The van der Waals surface area contributed by atoms with Crippen LogP contribution in [0.2, 0.25) is 15.1 Å². The van der Waals surface area contributed by atoms with Crippen LogP contribution < -0.4 is 4.72 Å². The van der Waals surface area contributed by atoms with Crippen molar-refractivity contribution in [3.8, 4) is 0 Å². The molecule has 8 heteroatoms. The van der Waals surface area contributed by atoms with Gasteiger partial charge < -0.3 is 0 Å². The molecule has 23 heavy (non-hydrogen) atoms. The first-order valence-electron chi connectivity index (χ1n) is 6.39. The predicted molar refractivity (Wildman–Crippen MR) is 94.0 cm³/mol. The van der Waals surface area contributed by atoms with Gasteiger partial charge in [-0.3, -0.25) is 9.71 Å². The molecule has 0 radical (unpaired) electrons. The average molecular weight is 388 g/mol. The maximum atomic E-state index is 12.5. The number of nitrogens with one attached hydrogen (secondary N) is 1. The van der Waals surface area contributed by atoms with Gasteiger partial charge >= 0.3 is 0 Å². The Bertz CT molecular complexity index is 1010. The minimum atomic E-state index is -3.92. The summed E-state index contributed by atoms with van der Waals surface area (Å²) in [5.41, 5.74) is 1.09. The number of nitrogens with zero attached hydrogens (tertiary/aromatic N) is 1. The second kappa shape index (κ2) is 6.17. The fraction of sp³-hybridized carbons (Fsp3) is 0. The van der Waals surface area contributed by atoms with Gasteiger partial charge in [0, 0.05) is 5.39 Å². The van der Waals surface area contributed by atoms with Crippen LogP contribution in [0.5, 0.6) is 0 Å².